The van der Waals surface area contributed by atoms with E-state index in [0.29, 0.717) is 5.95 Å². The quantitative estimate of drug-likeness (QED) is 0.609. The van der Waals surface area contributed by atoms with Crippen LogP contribution >= 0.6 is 0 Å². The number of rotatable bonds is 7. The summed E-state index contributed by atoms with van der Waals surface area (Å²) in [6, 6.07) is 10.6. The predicted molar refractivity (Wildman–Crippen MR) is 97.1 cm³/mol. The maximum atomic E-state index is 4.48. The van der Waals surface area contributed by atoms with Crippen LogP contribution in [0.4, 0.5) is 5.95 Å². The number of hydrogen-bond acceptors (Lipinski definition) is 4. The number of nitrogens with one attached hydrogen (secondary N) is 1. The lowest BCUT2D eigenvalue weighted by atomic mass is 10.0. The summed E-state index contributed by atoms with van der Waals surface area (Å²) in [5.74, 6) is 0.574. The minimum atomic E-state index is 0.574. The van der Waals surface area contributed by atoms with E-state index in [1.54, 1.807) is 0 Å². The molecule has 1 heterocycles. The Morgan fingerprint density at radius 1 is 1.04 bits per heavy atom. The molecule has 0 fully saturated rings. The minimum absolute atomic E-state index is 0.574. The zero-order chi connectivity index (χ0) is 16.7. The van der Waals surface area contributed by atoms with E-state index in [0.717, 1.165) is 48.3 Å². The van der Waals surface area contributed by atoms with Crippen LogP contribution in [0.15, 0.2) is 35.4 Å². The Hall–Kier alpha value is -2.23. The molecule has 0 aliphatic heterocycles. The van der Waals surface area contributed by atoms with E-state index >= 15 is 0 Å². The molecule has 0 saturated carbocycles. The van der Waals surface area contributed by atoms with E-state index in [9.17, 15) is 0 Å². The molecule has 4 nitrogen and oxygen atoms in total. The molecule has 0 saturated heterocycles. The van der Waals surface area contributed by atoms with Gasteiger partial charge in [0.05, 0.1) is 5.71 Å². The van der Waals surface area contributed by atoms with Crippen molar-refractivity contribution < 1.29 is 0 Å². The van der Waals surface area contributed by atoms with Gasteiger partial charge in [-0.2, -0.15) is 5.10 Å². The second-order valence-electron chi connectivity index (χ2n) is 5.64. The van der Waals surface area contributed by atoms with Crippen LogP contribution in [-0.2, 0) is 19.3 Å². The van der Waals surface area contributed by atoms with Crippen molar-refractivity contribution in [3.8, 4) is 0 Å². The normalized spacial score (nSPS) is 11.6. The van der Waals surface area contributed by atoms with Gasteiger partial charge in [-0.05, 0) is 49.4 Å². The fourth-order valence-electron chi connectivity index (χ4n) is 2.41. The highest BCUT2D eigenvalue weighted by Gasteiger charge is 2.03. The number of hydrazone groups is 1. The van der Waals surface area contributed by atoms with Gasteiger partial charge in [-0.15, -0.1) is 0 Å². The Bertz CT molecular complexity index is 655. The van der Waals surface area contributed by atoms with Gasteiger partial charge in [0.25, 0.3) is 0 Å². The summed E-state index contributed by atoms with van der Waals surface area (Å²) in [6.45, 7) is 8.39. The molecule has 0 unspecified atom stereocenters. The summed E-state index contributed by atoms with van der Waals surface area (Å²) in [5.41, 5.74) is 8.50. The van der Waals surface area contributed by atoms with Crippen LogP contribution < -0.4 is 5.43 Å². The standard InChI is InChI=1S/C19H26N4/c1-5-9-15-10-8-11-16(12-15)14(4)22-23-19-20-17(6-2)13-18(7-3)21-19/h8,10-13H,5-7,9H2,1-4H3,(H,20,21,23). The summed E-state index contributed by atoms with van der Waals surface area (Å²) in [4.78, 5) is 8.97. The fraction of sp³-hybridized carbons (Fsp3) is 0.421. The van der Waals surface area contributed by atoms with Crippen LogP contribution in [0.1, 0.15) is 56.6 Å². The molecule has 23 heavy (non-hydrogen) atoms. The monoisotopic (exact) mass is 310 g/mol. The van der Waals surface area contributed by atoms with Crippen molar-refractivity contribution in [3.63, 3.8) is 0 Å². The molecule has 0 atom stereocenters. The van der Waals surface area contributed by atoms with Crippen LogP contribution in [-0.4, -0.2) is 15.7 Å². The van der Waals surface area contributed by atoms with Crippen LogP contribution in [0.2, 0.25) is 0 Å². The molecular formula is C19H26N4. The van der Waals surface area contributed by atoms with Gasteiger partial charge >= 0.3 is 0 Å². The SMILES string of the molecule is CCCc1cccc(C(C)=NNc2nc(CC)cc(CC)n2)c1. The molecule has 4 heteroatoms. The maximum Gasteiger partial charge on any atom is 0.243 e. The molecule has 2 rings (SSSR count). The first-order chi connectivity index (χ1) is 11.2. The van der Waals surface area contributed by atoms with Crippen molar-refractivity contribution in [1.82, 2.24) is 9.97 Å². The van der Waals surface area contributed by atoms with Crippen molar-refractivity contribution in [2.75, 3.05) is 5.43 Å². The third-order valence-electron chi connectivity index (χ3n) is 3.76. The fourth-order valence-corrected chi connectivity index (χ4v) is 2.41. The van der Waals surface area contributed by atoms with E-state index in [1.165, 1.54) is 5.56 Å². The van der Waals surface area contributed by atoms with E-state index < -0.39 is 0 Å². The first kappa shape index (κ1) is 17.1. The van der Waals surface area contributed by atoms with Gasteiger partial charge in [-0.3, -0.25) is 0 Å². The van der Waals surface area contributed by atoms with Gasteiger partial charge < -0.3 is 0 Å². The topological polar surface area (TPSA) is 50.2 Å². The highest BCUT2D eigenvalue weighted by atomic mass is 15.4. The van der Waals surface area contributed by atoms with E-state index in [4.69, 9.17) is 0 Å². The van der Waals surface area contributed by atoms with Gasteiger partial charge in [-0.25, -0.2) is 15.4 Å². The van der Waals surface area contributed by atoms with Crippen molar-refractivity contribution in [3.05, 3.63) is 52.8 Å². The van der Waals surface area contributed by atoms with E-state index in [1.807, 2.05) is 6.92 Å². The molecule has 0 aliphatic carbocycles. The zero-order valence-electron chi connectivity index (χ0n) is 14.6. The Kier molecular flexibility index (Phi) is 6.27. The number of anilines is 1. The predicted octanol–water partition coefficient (Wildman–Crippen LogP) is 4.39. The molecule has 1 N–H and O–H groups in total. The summed E-state index contributed by atoms with van der Waals surface area (Å²) in [5, 5.41) is 4.46. The van der Waals surface area contributed by atoms with Gasteiger partial charge in [0.2, 0.25) is 5.95 Å². The lowest BCUT2D eigenvalue weighted by molar-refractivity contribution is 0.921. The maximum absolute atomic E-state index is 4.48. The second-order valence-corrected chi connectivity index (χ2v) is 5.64. The molecule has 122 valence electrons. The number of hydrogen-bond donors (Lipinski definition) is 1. The van der Waals surface area contributed by atoms with Crippen LogP contribution in [0, 0.1) is 0 Å². The second kappa shape index (κ2) is 8.42. The van der Waals surface area contributed by atoms with E-state index in [-0.39, 0.29) is 0 Å². The molecule has 0 amide bonds. The molecule has 1 aromatic heterocycles. The van der Waals surface area contributed by atoms with Crippen LogP contribution in [0.25, 0.3) is 0 Å². The van der Waals surface area contributed by atoms with Crippen molar-refractivity contribution >= 4 is 11.7 Å². The molecule has 0 bridgehead atoms. The first-order valence-corrected chi connectivity index (χ1v) is 8.42. The van der Waals surface area contributed by atoms with Crippen LogP contribution in [0.5, 0.6) is 0 Å². The minimum Gasteiger partial charge on any atom is -0.245 e. The Morgan fingerprint density at radius 2 is 1.74 bits per heavy atom. The average molecular weight is 310 g/mol. The Morgan fingerprint density at radius 3 is 2.35 bits per heavy atom. The first-order valence-electron chi connectivity index (χ1n) is 8.42. The van der Waals surface area contributed by atoms with Gasteiger partial charge in [0.15, 0.2) is 0 Å². The third-order valence-corrected chi connectivity index (χ3v) is 3.76. The van der Waals surface area contributed by atoms with Crippen LogP contribution in [0.3, 0.4) is 0 Å². The van der Waals surface area contributed by atoms with Gasteiger partial charge in [-0.1, -0.05) is 45.4 Å². The summed E-state index contributed by atoms with van der Waals surface area (Å²) in [7, 11) is 0. The molecular weight excluding hydrogens is 284 g/mol. The number of aryl methyl sites for hydroxylation is 3. The summed E-state index contributed by atoms with van der Waals surface area (Å²) < 4.78 is 0. The highest BCUT2D eigenvalue weighted by molar-refractivity contribution is 5.99. The molecule has 0 spiro atoms. The zero-order valence-corrected chi connectivity index (χ0v) is 14.6. The van der Waals surface area contributed by atoms with Crippen molar-refractivity contribution in [2.45, 2.75) is 53.4 Å². The summed E-state index contributed by atoms with van der Waals surface area (Å²) >= 11 is 0. The smallest absolute Gasteiger partial charge is 0.243 e. The molecule has 2 aromatic rings. The van der Waals surface area contributed by atoms with Crippen molar-refractivity contribution in [1.29, 1.82) is 0 Å². The molecule has 0 aliphatic rings. The van der Waals surface area contributed by atoms with Gasteiger partial charge in [0, 0.05) is 11.4 Å². The highest BCUT2D eigenvalue weighted by Crippen LogP contribution is 2.10. The lowest BCUT2D eigenvalue weighted by Crippen LogP contribution is -2.05. The van der Waals surface area contributed by atoms with Crippen molar-refractivity contribution in [2.24, 2.45) is 5.10 Å². The number of nitrogens with zero attached hydrogens (tertiary/aromatic N) is 3. The largest absolute Gasteiger partial charge is 0.245 e. The van der Waals surface area contributed by atoms with E-state index in [2.05, 4.69) is 71.6 Å². The number of aromatic nitrogens is 2. The Balaban J connectivity index is 2.17. The third kappa shape index (κ3) is 4.88. The molecule has 0 radical (unpaired) electrons. The number of benzene rings is 1. The Labute approximate surface area is 139 Å². The summed E-state index contributed by atoms with van der Waals surface area (Å²) in [6.07, 6.45) is 4.03. The average Bonchev–Trinajstić information content (AvgIpc) is 2.59. The lowest BCUT2D eigenvalue weighted by Gasteiger charge is -2.07. The van der Waals surface area contributed by atoms with Gasteiger partial charge in [0.1, 0.15) is 0 Å². The molecule has 1 aromatic carbocycles.